The van der Waals surface area contributed by atoms with Crippen molar-refractivity contribution >= 4 is 11.8 Å². The summed E-state index contributed by atoms with van der Waals surface area (Å²) < 4.78 is 16.3. The molecule has 1 saturated heterocycles. The molecule has 0 aromatic heterocycles. The fourth-order valence-electron chi connectivity index (χ4n) is 3.24. The third kappa shape index (κ3) is 6.49. The zero-order valence-electron chi connectivity index (χ0n) is 17.2. The molecule has 0 bridgehead atoms. The van der Waals surface area contributed by atoms with Crippen LogP contribution in [0.1, 0.15) is 24.5 Å². The molecule has 2 aromatic carbocycles. The van der Waals surface area contributed by atoms with Gasteiger partial charge in [0, 0.05) is 19.5 Å². The number of carbonyl (C=O) groups excluding carboxylic acids is 2. The summed E-state index contributed by atoms with van der Waals surface area (Å²) in [5.74, 6) is 1.20. The van der Waals surface area contributed by atoms with Crippen LogP contribution in [0.2, 0.25) is 0 Å². The van der Waals surface area contributed by atoms with Crippen molar-refractivity contribution in [2.24, 2.45) is 0 Å². The number of hydrogen-bond acceptors (Lipinski definition) is 5. The van der Waals surface area contributed by atoms with Gasteiger partial charge < -0.3 is 24.4 Å². The normalized spacial score (nSPS) is 16.0. The van der Waals surface area contributed by atoms with Crippen LogP contribution in [-0.2, 0) is 14.3 Å². The van der Waals surface area contributed by atoms with Crippen molar-refractivity contribution in [3.05, 3.63) is 60.2 Å². The smallest absolute Gasteiger partial charge is 0.257 e. The van der Waals surface area contributed by atoms with Gasteiger partial charge >= 0.3 is 0 Å². The first-order valence-electron chi connectivity index (χ1n) is 10.1. The maximum atomic E-state index is 12.5. The fourth-order valence-corrected chi connectivity index (χ4v) is 3.24. The van der Waals surface area contributed by atoms with Crippen molar-refractivity contribution in [1.82, 2.24) is 10.2 Å². The molecule has 1 unspecified atom stereocenters. The van der Waals surface area contributed by atoms with E-state index in [1.807, 2.05) is 35.2 Å². The molecule has 1 heterocycles. The molecule has 1 aliphatic rings. The molecule has 3 rings (SSSR count). The van der Waals surface area contributed by atoms with Gasteiger partial charge in [0.25, 0.3) is 5.91 Å². The van der Waals surface area contributed by atoms with Crippen LogP contribution in [0.15, 0.2) is 54.6 Å². The summed E-state index contributed by atoms with van der Waals surface area (Å²) in [6.07, 6.45) is 0.889. The molecule has 1 fully saturated rings. The van der Waals surface area contributed by atoms with Crippen LogP contribution in [0.5, 0.6) is 11.5 Å². The number of methoxy groups -OCH3 is 1. The van der Waals surface area contributed by atoms with Gasteiger partial charge in [0.1, 0.15) is 17.6 Å². The minimum atomic E-state index is -0.214. The predicted octanol–water partition coefficient (Wildman–Crippen LogP) is 2.57. The highest BCUT2D eigenvalue weighted by molar-refractivity contribution is 5.78. The second-order valence-electron chi connectivity index (χ2n) is 7.03. The summed E-state index contributed by atoms with van der Waals surface area (Å²) in [5, 5.41) is 2.78. The quantitative estimate of drug-likeness (QED) is 0.641. The molecule has 1 N–H and O–H groups in total. The highest BCUT2D eigenvalue weighted by Crippen LogP contribution is 2.22. The van der Waals surface area contributed by atoms with Gasteiger partial charge in [-0.05, 0) is 36.2 Å². The molecular weight excluding hydrogens is 384 g/mol. The van der Waals surface area contributed by atoms with Gasteiger partial charge in [-0.25, -0.2) is 0 Å². The molecule has 2 amide bonds. The number of hydrogen-bond donors (Lipinski definition) is 1. The highest BCUT2D eigenvalue weighted by Gasteiger charge is 2.24. The first-order valence-corrected chi connectivity index (χ1v) is 10.1. The number of ether oxygens (including phenoxy) is 3. The minimum absolute atomic E-state index is 0.0670. The average Bonchev–Trinajstić information content (AvgIpc) is 2.81. The lowest BCUT2D eigenvalue weighted by Gasteiger charge is -2.33. The first kappa shape index (κ1) is 21.6. The predicted molar refractivity (Wildman–Crippen MR) is 112 cm³/mol. The Morgan fingerprint density at radius 1 is 1.10 bits per heavy atom. The number of morpholine rings is 1. The van der Waals surface area contributed by atoms with Crippen molar-refractivity contribution in [2.45, 2.75) is 18.9 Å². The molecule has 7 heteroatoms. The van der Waals surface area contributed by atoms with Crippen LogP contribution >= 0.6 is 0 Å². The minimum Gasteiger partial charge on any atom is -0.497 e. The van der Waals surface area contributed by atoms with E-state index < -0.39 is 0 Å². The summed E-state index contributed by atoms with van der Waals surface area (Å²) in [6, 6.07) is 17.0. The van der Waals surface area contributed by atoms with Gasteiger partial charge in [-0.2, -0.15) is 0 Å². The zero-order valence-corrected chi connectivity index (χ0v) is 17.2. The second kappa shape index (κ2) is 11.2. The van der Waals surface area contributed by atoms with Gasteiger partial charge in [0.2, 0.25) is 5.91 Å². The zero-order chi connectivity index (χ0) is 21.2. The molecular formula is C23H28N2O5. The van der Waals surface area contributed by atoms with E-state index in [1.54, 1.807) is 31.4 Å². The van der Waals surface area contributed by atoms with Crippen LogP contribution in [0.4, 0.5) is 0 Å². The Bertz CT molecular complexity index is 810. The summed E-state index contributed by atoms with van der Waals surface area (Å²) in [4.78, 5) is 26.3. The SMILES string of the molecule is COc1ccc(OCC(=O)NCCCC(=O)N2CCOC(c3ccccc3)C2)cc1. The molecule has 160 valence electrons. The third-order valence-electron chi connectivity index (χ3n) is 4.91. The molecule has 0 radical (unpaired) electrons. The Kier molecular flexibility index (Phi) is 8.09. The molecule has 0 spiro atoms. The molecule has 1 aliphatic heterocycles. The average molecular weight is 412 g/mol. The van der Waals surface area contributed by atoms with E-state index >= 15 is 0 Å². The van der Waals surface area contributed by atoms with E-state index in [9.17, 15) is 9.59 Å². The topological polar surface area (TPSA) is 77.1 Å². The Labute approximate surface area is 176 Å². The van der Waals surface area contributed by atoms with Crippen molar-refractivity contribution < 1.29 is 23.8 Å². The number of nitrogens with zero attached hydrogens (tertiary/aromatic N) is 1. The van der Waals surface area contributed by atoms with E-state index in [0.29, 0.717) is 44.8 Å². The lowest BCUT2D eigenvalue weighted by atomic mass is 10.1. The van der Waals surface area contributed by atoms with Crippen LogP contribution in [-0.4, -0.2) is 56.7 Å². The van der Waals surface area contributed by atoms with Gasteiger partial charge in [0.15, 0.2) is 6.61 Å². The molecule has 0 saturated carbocycles. The lowest BCUT2D eigenvalue weighted by Crippen LogP contribution is -2.42. The number of nitrogens with one attached hydrogen (secondary N) is 1. The van der Waals surface area contributed by atoms with E-state index in [1.165, 1.54) is 0 Å². The van der Waals surface area contributed by atoms with Gasteiger partial charge in [-0.1, -0.05) is 30.3 Å². The number of amides is 2. The molecule has 1 atom stereocenters. The third-order valence-corrected chi connectivity index (χ3v) is 4.91. The monoisotopic (exact) mass is 412 g/mol. The molecule has 2 aromatic rings. The van der Waals surface area contributed by atoms with Gasteiger partial charge in [-0.3, -0.25) is 9.59 Å². The van der Waals surface area contributed by atoms with Crippen LogP contribution in [0.3, 0.4) is 0 Å². The molecule has 7 nitrogen and oxygen atoms in total. The van der Waals surface area contributed by atoms with Crippen molar-refractivity contribution in [3.8, 4) is 11.5 Å². The first-order chi connectivity index (χ1) is 14.7. The number of benzene rings is 2. The largest absolute Gasteiger partial charge is 0.497 e. The Hall–Kier alpha value is -3.06. The van der Waals surface area contributed by atoms with Crippen molar-refractivity contribution in [2.75, 3.05) is 40.0 Å². The number of rotatable bonds is 9. The molecule has 30 heavy (non-hydrogen) atoms. The van der Waals surface area contributed by atoms with E-state index in [2.05, 4.69) is 5.32 Å². The Morgan fingerprint density at radius 2 is 1.83 bits per heavy atom. The van der Waals surface area contributed by atoms with Crippen LogP contribution in [0, 0.1) is 0 Å². The van der Waals surface area contributed by atoms with Crippen LogP contribution < -0.4 is 14.8 Å². The number of carbonyl (C=O) groups is 2. The maximum absolute atomic E-state index is 12.5. The molecule has 0 aliphatic carbocycles. The Balaban J connectivity index is 1.32. The summed E-state index contributed by atoms with van der Waals surface area (Å²) >= 11 is 0. The van der Waals surface area contributed by atoms with Crippen molar-refractivity contribution in [3.63, 3.8) is 0 Å². The fraction of sp³-hybridized carbons (Fsp3) is 0.391. The summed E-state index contributed by atoms with van der Waals surface area (Å²) in [5.41, 5.74) is 1.08. The standard InChI is InChI=1S/C23H28N2O5/c1-28-19-9-11-20(12-10-19)30-17-22(26)24-13-5-8-23(27)25-14-15-29-21(16-25)18-6-3-2-4-7-18/h2-4,6-7,9-12,21H,5,8,13-17H2,1H3,(H,24,26). The summed E-state index contributed by atoms with van der Waals surface area (Å²) in [6.45, 7) is 2.06. The lowest BCUT2D eigenvalue weighted by molar-refractivity contribution is -0.139. The maximum Gasteiger partial charge on any atom is 0.257 e. The van der Waals surface area contributed by atoms with Gasteiger partial charge in [0.05, 0.1) is 20.3 Å². The Morgan fingerprint density at radius 3 is 2.57 bits per heavy atom. The summed E-state index contributed by atoms with van der Waals surface area (Å²) in [7, 11) is 1.59. The van der Waals surface area contributed by atoms with E-state index in [-0.39, 0.29) is 24.5 Å². The van der Waals surface area contributed by atoms with Gasteiger partial charge in [-0.15, -0.1) is 0 Å². The van der Waals surface area contributed by atoms with Crippen LogP contribution in [0.25, 0.3) is 0 Å². The van der Waals surface area contributed by atoms with E-state index in [0.717, 1.165) is 11.3 Å². The van der Waals surface area contributed by atoms with E-state index in [4.69, 9.17) is 14.2 Å². The highest BCUT2D eigenvalue weighted by atomic mass is 16.5. The van der Waals surface area contributed by atoms with Crippen molar-refractivity contribution in [1.29, 1.82) is 0 Å². The second-order valence-corrected chi connectivity index (χ2v) is 7.03.